The Labute approximate surface area is 203 Å². The zero-order valence-corrected chi connectivity index (χ0v) is 19.6. The van der Waals surface area contributed by atoms with Crippen molar-refractivity contribution in [1.82, 2.24) is 15.5 Å². The molecule has 0 radical (unpaired) electrons. The van der Waals surface area contributed by atoms with E-state index in [0.29, 0.717) is 44.3 Å². The van der Waals surface area contributed by atoms with Crippen molar-refractivity contribution in [2.45, 2.75) is 62.7 Å². The lowest BCUT2D eigenvalue weighted by Gasteiger charge is -2.28. The van der Waals surface area contributed by atoms with Crippen LogP contribution in [0, 0.1) is 0 Å². The van der Waals surface area contributed by atoms with E-state index in [4.69, 9.17) is 11.5 Å². The number of aliphatic hydroxyl groups excluding tert-OH is 1. The maximum Gasteiger partial charge on any atom is 0.326 e. The van der Waals surface area contributed by atoms with Crippen LogP contribution in [-0.4, -0.2) is 87.8 Å². The first-order valence-electron chi connectivity index (χ1n) is 11.7. The molecule has 12 heteroatoms. The van der Waals surface area contributed by atoms with Gasteiger partial charge in [-0.15, -0.1) is 0 Å². The lowest BCUT2D eigenvalue weighted by Crippen LogP contribution is -2.57. The van der Waals surface area contributed by atoms with Crippen LogP contribution in [0.4, 0.5) is 0 Å². The van der Waals surface area contributed by atoms with E-state index >= 15 is 0 Å². The van der Waals surface area contributed by atoms with E-state index in [1.165, 1.54) is 17.0 Å². The van der Waals surface area contributed by atoms with E-state index in [9.17, 15) is 34.5 Å². The summed E-state index contributed by atoms with van der Waals surface area (Å²) in [6, 6.07) is 1.75. The summed E-state index contributed by atoms with van der Waals surface area (Å²) < 4.78 is 0. The average Bonchev–Trinajstić information content (AvgIpc) is 3.33. The minimum absolute atomic E-state index is 0.0316. The highest BCUT2D eigenvalue weighted by Gasteiger charge is 2.37. The number of phenols is 1. The van der Waals surface area contributed by atoms with Crippen LogP contribution in [0.15, 0.2) is 24.3 Å². The van der Waals surface area contributed by atoms with Crippen molar-refractivity contribution in [2.75, 3.05) is 19.7 Å². The number of aromatic hydroxyl groups is 1. The molecule has 0 aliphatic carbocycles. The number of phenolic OH excluding ortho intramolecular Hbond substituents is 1. The van der Waals surface area contributed by atoms with Gasteiger partial charge >= 0.3 is 5.97 Å². The molecular weight excluding hydrogens is 458 g/mol. The minimum Gasteiger partial charge on any atom is -0.508 e. The first-order chi connectivity index (χ1) is 16.7. The molecule has 4 atom stereocenters. The zero-order valence-electron chi connectivity index (χ0n) is 19.6. The predicted octanol–water partition coefficient (Wildman–Crippen LogP) is -1.57. The molecular formula is C23H35N5O7. The van der Waals surface area contributed by atoms with Crippen LogP contribution in [0.3, 0.4) is 0 Å². The number of aliphatic hydroxyl groups is 1. The largest absolute Gasteiger partial charge is 0.508 e. The highest BCUT2D eigenvalue weighted by atomic mass is 16.4. The fourth-order valence-electron chi connectivity index (χ4n) is 3.96. The van der Waals surface area contributed by atoms with Crippen LogP contribution in [0.1, 0.15) is 37.7 Å². The van der Waals surface area contributed by atoms with Gasteiger partial charge in [0.1, 0.15) is 29.9 Å². The van der Waals surface area contributed by atoms with Crippen molar-refractivity contribution >= 4 is 23.7 Å². The standard InChI is InChI=1S/C23H35N5O7/c24-10-2-1-4-17(23(34)35)26-20(31)18(12-14-6-8-15(30)9-7-14)27-21(32)19-5-3-11-28(19)22(33)16(25)13-29/h6-9,16-19,29-30H,1-5,10-13,24-25H2,(H,26,31)(H,27,32)(H,34,35). The molecule has 2 rings (SSSR count). The lowest BCUT2D eigenvalue weighted by molar-refractivity contribution is -0.143. The Morgan fingerprint density at radius 1 is 1.09 bits per heavy atom. The maximum atomic E-state index is 13.1. The second-order valence-corrected chi connectivity index (χ2v) is 8.59. The predicted molar refractivity (Wildman–Crippen MR) is 126 cm³/mol. The van der Waals surface area contributed by atoms with Gasteiger partial charge in [-0.3, -0.25) is 14.4 Å². The summed E-state index contributed by atoms with van der Waals surface area (Å²) >= 11 is 0. The van der Waals surface area contributed by atoms with Crippen molar-refractivity contribution < 1.29 is 34.5 Å². The molecule has 1 aliphatic heterocycles. The van der Waals surface area contributed by atoms with Crippen molar-refractivity contribution in [2.24, 2.45) is 11.5 Å². The molecule has 1 saturated heterocycles. The second kappa shape index (κ2) is 13.6. The lowest BCUT2D eigenvalue weighted by atomic mass is 10.0. The number of carboxylic acid groups (broad SMARTS) is 1. The minimum atomic E-state index is -1.20. The molecule has 194 valence electrons. The number of likely N-dealkylation sites (tertiary alicyclic amines) is 1. The first-order valence-corrected chi connectivity index (χ1v) is 11.7. The summed E-state index contributed by atoms with van der Waals surface area (Å²) in [5.74, 6) is -2.99. The maximum absolute atomic E-state index is 13.1. The van der Waals surface area contributed by atoms with Crippen LogP contribution in [-0.2, 0) is 25.6 Å². The zero-order chi connectivity index (χ0) is 26.0. The van der Waals surface area contributed by atoms with Crippen LogP contribution in [0.2, 0.25) is 0 Å². The number of carbonyl (C=O) groups is 4. The van der Waals surface area contributed by atoms with Gasteiger partial charge in [0.2, 0.25) is 17.7 Å². The number of carboxylic acids is 1. The molecule has 9 N–H and O–H groups in total. The third kappa shape index (κ3) is 8.19. The van der Waals surface area contributed by atoms with E-state index < -0.39 is 54.5 Å². The molecule has 1 aromatic carbocycles. The number of nitrogens with zero attached hydrogens (tertiary/aromatic N) is 1. The number of carbonyl (C=O) groups excluding carboxylic acids is 3. The van der Waals surface area contributed by atoms with E-state index in [2.05, 4.69) is 10.6 Å². The van der Waals surface area contributed by atoms with E-state index in [-0.39, 0.29) is 18.6 Å². The normalized spacial score (nSPS) is 17.9. The Hall–Kier alpha value is -3.22. The molecule has 3 amide bonds. The molecule has 0 bridgehead atoms. The van der Waals surface area contributed by atoms with Crippen LogP contribution < -0.4 is 22.1 Å². The Bertz CT molecular complexity index is 880. The molecule has 0 saturated carbocycles. The number of rotatable bonds is 13. The van der Waals surface area contributed by atoms with Crippen molar-refractivity contribution in [3.8, 4) is 5.75 Å². The number of unbranched alkanes of at least 4 members (excludes halogenated alkanes) is 1. The van der Waals surface area contributed by atoms with Crippen molar-refractivity contribution in [3.05, 3.63) is 29.8 Å². The van der Waals surface area contributed by atoms with Crippen molar-refractivity contribution in [1.29, 1.82) is 0 Å². The molecule has 35 heavy (non-hydrogen) atoms. The number of aliphatic carboxylic acids is 1. The monoisotopic (exact) mass is 493 g/mol. The van der Waals surface area contributed by atoms with E-state index in [1.54, 1.807) is 12.1 Å². The quantitative estimate of drug-likeness (QED) is 0.158. The molecule has 1 heterocycles. The fraction of sp³-hybridized carbons (Fsp3) is 0.565. The third-order valence-corrected chi connectivity index (χ3v) is 5.92. The summed E-state index contributed by atoms with van der Waals surface area (Å²) in [6.45, 7) is 0.133. The number of hydrogen-bond acceptors (Lipinski definition) is 8. The van der Waals surface area contributed by atoms with Crippen molar-refractivity contribution in [3.63, 3.8) is 0 Å². The topological polar surface area (TPSA) is 208 Å². The van der Waals surface area contributed by atoms with Gasteiger partial charge in [-0.2, -0.15) is 0 Å². The molecule has 12 nitrogen and oxygen atoms in total. The van der Waals surface area contributed by atoms with Gasteiger partial charge in [0.05, 0.1) is 6.61 Å². The molecule has 0 spiro atoms. The van der Waals surface area contributed by atoms with Crippen LogP contribution >= 0.6 is 0 Å². The molecule has 1 fully saturated rings. The summed E-state index contributed by atoms with van der Waals surface area (Å²) in [7, 11) is 0. The van der Waals surface area contributed by atoms with Gasteiger partial charge in [-0.25, -0.2) is 4.79 Å². The molecule has 1 aromatic rings. The number of amides is 3. The number of hydrogen-bond donors (Lipinski definition) is 7. The average molecular weight is 494 g/mol. The Kier molecular flexibility index (Phi) is 10.9. The van der Waals surface area contributed by atoms with E-state index in [1.807, 2.05) is 0 Å². The molecule has 1 aliphatic rings. The van der Waals surface area contributed by atoms with E-state index in [0.717, 1.165) is 0 Å². The number of nitrogens with two attached hydrogens (primary N) is 2. The Balaban J connectivity index is 2.19. The molecule has 0 aromatic heterocycles. The Morgan fingerprint density at radius 2 is 1.77 bits per heavy atom. The SMILES string of the molecule is NCCCCC(NC(=O)C(Cc1ccc(O)cc1)NC(=O)C1CCCN1C(=O)C(N)CO)C(=O)O. The Morgan fingerprint density at radius 3 is 2.37 bits per heavy atom. The fourth-order valence-corrected chi connectivity index (χ4v) is 3.96. The van der Waals surface area contributed by atoms with Gasteiger partial charge in [-0.1, -0.05) is 12.1 Å². The summed E-state index contributed by atoms with van der Waals surface area (Å²) in [5.41, 5.74) is 11.7. The molecule has 4 unspecified atom stereocenters. The highest BCUT2D eigenvalue weighted by molar-refractivity contribution is 5.94. The van der Waals surface area contributed by atoms with Gasteiger partial charge < -0.3 is 42.3 Å². The van der Waals surface area contributed by atoms with Gasteiger partial charge in [0.15, 0.2) is 0 Å². The van der Waals surface area contributed by atoms with Gasteiger partial charge in [-0.05, 0) is 56.3 Å². The van der Waals surface area contributed by atoms with Gasteiger partial charge in [0.25, 0.3) is 0 Å². The second-order valence-electron chi connectivity index (χ2n) is 8.59. The number of nitrogens with one attached hydrogen (secondary N) is 2. The summed E-state index contributed by atoms with van der Waals surface area (Å²) in [5, 5.41) is 33.4. The summed E-state index contributed by atoms with van der Waals surface area (Å²) in [6.07, 6.45) is 2.24. The number of benzene rings is 1. The smallest absolute Gasteiger partial charge is 0.326 e. The van der Waals surface area contributed by atoms with Crippen LogP contribution in [0.25, 0.3) is 0 Å². The highest BCUT2D eigenvalue weighted by Crippen LogP contribution is 2.19. The summed E-state index contributed by atoms with van der Waals surface area (Å²) in [4.78, 5) is 51.6. The van der Waals surface area contributed by atoms with Crippen LogP contribution in [0.5, 0.6) is 5.75 Å². The third-order valence-electron chi connectivity index (χ3n) is 5.92. The van der Waals surface area contributed by atoms with Gasteiger partial charge in [0, 0.05) is 13.0 Å². The first kappa shape index (κ1) is 28.0.